The minimum atomic E-state index is -0.206. The Labute approximate surface area is 136 Å². The number of carbonyl (C=O) groups is 1. The summed E-state index contributed by atoms with van der Waals surface area (Å²) in [6, 6.07) is 5.17. The summed E-state index contributed by atoms with van der Waals surface area (Å²) in [6.07, 6.45) is 0. The molecule has 7 heteroatoms. The van der Waals surface area contributed by atoms with E-state index in [-0.39, 0.29) is 24.4 Å². The molecule has 1 aromatic carbocycles. The van der Waals surface area contributed by atoms with E-state index in [1.165, 1.54) is 0 Å². The summed E-state index contributed by atoms with van der Waals surface area (Å²) in [5, 5.41) is 6.38. The van der Waals surface area contributed by atoms with E-state index in [9.17, 15) is 4.79 Å². The summed E-state index contributed by atoms with van der Waals surface area (Å²) in [5.41, 5.74) is 0.428. The minimum absolute atomic E-state index is 0. The zero-order valence-corrected chi connectivity index (χ0v) is 14.0. The molecule has 0 aromatic heterocycles. The summed E-state index contributed by atoms with van der Waals surface area (Å²) in [5.74, 6) is 0.295. The molecule has 1 amide bonds. The lowest BCUT2D eigenvalue weighted by atomic mass is 10.2. The average molecular weight is 337 g/mol. The molecule has 0 fully saturated rings. The van der Waals surface area contributed by atoms with Crippen LogP contribution in [0.15, 0.2) is 18.2 Å². The topological polar surface area (TPSA) is 59.6 Å². The van der Waals surface area contributed by atoms with Crippen LogP contribution < -0.4 is 15.4 Å². The SMILES string of the molecule is CNC(C)CNC(=O)c1cc(Cl)ccc1OCCOC.Cl. The fraction of sp³-hybridized carbons (Fsp3) is 0.500. The molecule has 0 aliphatic heterocycles. The molecule has 0 aliphatic carbocycles. The highest BCUT2D eigenvalue weighted by Crippen LogP contribution is 2.22. The average Bonchev–Trinajstić information content (AvgIpc) is 2.46. The van der Waals surface area contributed by atoms with Crippen molar-refractivity contribution in [2.45, 2.75) is 13.0 Å². The summed E-state index contributed by atoms with van der Waals surface area (Å²) >= 11 is 5.94. The van der Waals surface area contributed by atoms with Gasteiger partial charge in [0.05, 0.1) is 12.2 Å². The van der Waals surface area contributed by atoms with E-state index in [1.54, 1.807) is 25.3 Å². The number of ether oxygens (including phenoxy) is 2. The molecule has 0 saturated carbocycles. The Morgan fingerprint density at radius 1 is 1.38 bits per heavy atom. The zero-order valence-electron chi connectivity index (χ0n) is 12.4. The van der Waals surface area contributed by atoms with Crippen molar-refractivity contribution in [2.24, 2.45) is 0 Å². The van der Waals surface area contributed by atoms with Gasteiger partial charge in [-0.15, -0.1) is 12.4 Å². The van der Waals surface area contributed by atoms with E-state index < -0.39 is 0 Å². The molecular formula is C14H22Cl2N2O3. The van der Waals surface area contributed by atoms with Gasteiger partial charge in [-0.3, -0.25) is 4.79 Å². The van der Waals surface area contributed by atoms with Crippen molar-refractivity contribution in [3.63, 3.8) is 0 Å². The van der Waals surface area contributed by atoms with E-state index in [4.69, 9.17) is 21.1 Å². The minimum Gasteiger partial charge on any atom is -0.490 e. The predicted molar refractivity (Wildman–Crippen MR) is 86.9 cm³/mol. The largest absolute Gasteiger partial charge is 0.490 e. The Balaban J connectivity index is 0.00000400. The van der Waals surface area contributed by atoms with E-state index >= 15 is 0 Å². The number of hydrogen-bond acceptors (Lipinski definition) is 4. The van der Waals surface area contributed by atoms with E-state index in [0.717, 1.165) is 0 Å². The lowest BCUT2D eigenvalue weighted by molar-refractivity contribution is 0.0942. The van der Waals surface area contributed by atoms with Crippen LogP contribution in [-0.2, 0) is 4.74 Å². The fourth-order valence-corrected chi connectivity index (χ4v) is 1.66. The Hall–Kier alpha value is -1.01. The Bertz CT molecular complexity index is 444. The van der Waals surface area contributed by atoms with Gasteiger partial charge in [-0.25, -0.2) is 0 Å². The first-order chi connectivity index (χ1) is 9.58. The maximum absolute atomic E-state index is 12.2. The van der Waals surface area contributed by atoms with Gasteiger partial charge in [0.2, 0.25) is 0 Å². The third-order valence-corrected chi connectivity index (χ3v) is 3.03. The second kappa shape index (κ2) is 10.7. The van der Waals surface area contributed by atoms with Crippen molar-refractivity contribution >= 4 is 29.9 Å². The van der Waals surface area contributed by atoms with Crippen molar-refractivity contribution in [3.8, 4) is 5.75 Å². The van der Waals surface area contributed by atoms with Gasteiger partial charge in [0.1, 0.15) is 12.4 Å². The highest BCUT2D eigenvalue weighted by molar-refractivity contribution is 6.31. The van der Waals surface area contributed by atoms with Gasteiger partial charge < -0.3 is 20.1 Å². The second-order valence-electron chi connectivity index (χ2n) is 4.38. The van der Waals surface area contributed by atoms with Gasteiger partial charge in [0, 0.05) is 24.7 Å². The molecule has 1 unspecified atom stereocenters. The fourth-order valence-electron chi connectivity index (χ4n) is 1.48. The number of rotatable bonds is 8. The van der Waals surface area contributed by atoms with E-state index in [1.807, 2.05) is 14.0 Å². The van der Waals surface area contributed by atoms with Crippen LogP contribution in [0.25, 0.3) is 0 Å². The third-order valence-electron chi connectivity index (χ3n) is 2.79. The van der Waals surface area contributed by atoms with Crippen LogP contribution in [0.1, 0.15) is 17.3 Å². The van der Waals surface area contributed by atoms with Crippen LogP contribution in [0.2, 0.25) is 5.02 Å². The summed E-state index contributed by atoms with van der Waals surface area (Å²) < 4.78 is 10.4. The number of halogens is 2. The maximum atomic E-state index is 12.2. The van der Waals surface area contributed by atoms with Crippen LogP contribution in [0.5, 0.6) is 5.75 Å². The third kappa shape index (κ3) is 7.00. The molecular weight excluding hydrogens is 315 g/mol. The Kier molecular flexibility index (Phi) is 10.2. The highest BCUT2D eigenvalue weighted by Gasteiger charge is 2.14. The Morgan fingerprint density at radius 2 is 2.10 bits per heavy atom. The van der Waals surface area contributed by atoms with Crippen molar-refractivity contribution in [1.29, 1.82) is 0 Å². The molecule has 0 saturated heterocycles. The summed E-state index contributed by atoms with van der Waals surface area (Å²) in [6.45, 7) is 3.35. The van der Waals surface area contributed by atoms with Gasteiger partial charge in [0.15, 0.2) is 0 Å². The Morgan fingerprint density at radius 3 is 2.71 bits per heavy atom. The number of amides is 1. The molecule has 1 atom stereocenters. The molecule has 1 rings (SSSR count). The van der Waals surface area contributed by atoms with Crippen LogP contribution in [-0.4, -0.2) is 45.9 Å². The molecule has 21 heavy (non-hydrogen) atoms. The van der Waals surface area contributed by atoms with Crippen molar-refractivity contribution in [3.05, 3.63) is 28.8 Å². The number of benzene rings is 1. The first-order valence-electron chi connectivity index (χ1n) is 6.45. The molecule has 0 heterocycles. The van der Waals surface area contributed by atoms with Crippen LogP contribution in [0.4, 0.5) is 0 Å². The maximum Gasteiger partial charge on any atom is 0.255 e. The monoisotopic (exact) mass is 336 g/mol. The summed E-state index contributed by atoms with van der Waals surface area (Å²) in [7, 11) is 3.44. The number of hydrogen-bond donors (Lipinski definition) is 2. The van der Waals surface area contributed by atoms with E-state index in [0.29, 0.717) is 36.1 Å². The molecule has 0 aliphatic rings. The molecule has 2 N–H and O–H groups in total. The lowest BCUT2D eigenvalue weighted by Gasteiger charge is -2.14. The molecule has 0 spiro atoms. The van der Waals surface area contributed by atoms with Crippen molar-refractivity contribution in [1.82, 2.24) is 10.6 Å². The quantitative estimate of drug-likeness (QED) is 0.714. The second-order valence-corrected chi connectivity index (χ2v) is 4.82. The first-order valence-corrected chi connectivity index (χ1v) is 6.83. The van der Waals surface area contributed by atoms with Crippen LogP contribution >= 0.6 is 24.0 Å². The normalized spacial score (nSPS) is 11.4. The van der Waals surface area contributed by atoms with Gasteiger partial charge in [-0.1, -0.05) is 11.6 Å². The smallest absolute Gasteiger partial charge is 0.255 e. The van der Waals surface area contributed by atoms with Gasteiger partial charge in [-0.05, 0) is 32.2 Å². The molecule has 1 aromatic rings. The van der Waals surface area contributed by atoms with Crippen molar-refractivity contribution in [2.75, 3.05) is 33.9 Å². The van der Waals surface area contributed by atoms with Crippen LogP contribution in [0, 0.1) is 0 Å². The summed E-state index contributed by atoms with van der Waals surface area (Å²) in [4.78, 5) is 12.2. The van der Waals surface area contributed by atoms with Gasteiger partial charge >= 0.3 is 0 Å². The zero-order chi connectivity index (χ0) is 15.0. The predicted octanol–water partition coefficient (Wildman–Crippen LogP) is 2.12. The van der Waals surface area contributed by atoms with E-state index in [2.05, 4.69) is 10.6 Å². The molecule has 120 valence electrons. The molecule has 0 bridgehead atoms. The van der Waals surface area contributed by atoms with Crippen molar-refractivity contribution < 1.29 is 14.3 Å². The molecule has 5 nitrogen and oxygen atoms in total. The number of likely N-dealkylation sites (N-methyl/N-ethyl adjacent to an activating group) is 1. The highest BCUT2D eigenvalue weighted by atomic mass is 35.5. The number of methoxy groups -OCH3 is 1. The van der Waals surface area contributed by atoms with Gasteiger partial charge in [0.25, 0.3) is 5.91 Å². The molecule has 0 radical (unpaired) electrons. The lowest BCUT2D eigenvalue weighted by Crippen LogP contribution is -2.37. The first kappa shape index (κ1) is 20.0. The van der Waals surface area contributed by atoms with Crippen LogP contribution in [0.3, 0.4) is 0 Å². The number of carbonyl (C=O) groups excluding carboxylic acids is 1. The van der Waals surface area contributed by atoms with Gasteiger partial charge in [-0.2, -0.15) is 0 Å². The standard InChI is InChI=1S/C14H21ClN2O3.ClH/c1-10(16-2)9-17-14(18)12-8-11(15)4-5-13(12)20-7-6-19-3;/h4-5,8,10,16H,6-7,9H2,1-3H3,(H,17,18);1H. The number of nitrogens with one attached hydrogen (secondary N) is 2.